The van der Waals surface area contributed by atoms with Crippen molar-refractivity contribution in [1.29, 1.82) is 0 Å². The first-order chi connectivity index (χ1) is 13.1. The predicted molar refractivity (Wildman–Crippen MR) is 101 cm³/mol. The van der Waals surface area contributed by atoms with Gasteiger partial charge in [0.1, 0.15) is 0 Å². The molecule has 3 rings (SSSR count). The molecule has 7 heteroatoms. The molecule has 1 heterocycles. The summed E-state index contributed by atoms with van der Waals surface area (Å²) in [5.74, 6) is 1.00. The summed E-state index contributed by atoms with van der Waals surface area (Å²) in [6, 6.07) is 12.3. The predicted octanol–water partition coefficient (Wildman–Crippen LogP) is 3.31. The number of anilines is 1. The van der Waals surface area contributed by atoms with Crippen molar-refractivity contribution in [2.45, 2.75) is 13.5 Å². The van der Waals surface area contributed by atoms with Gasteiger partial charge in [0.05, 0.1) is 6.61 Å². The molecule has 2 aromatic rings. The number of carbonyl (C=O) groups is 2. The van der Waals surface area contributed by atoms with Crippen LogP contribution in [0.25, 0.3) is 6.08 Å². The number of rotatable bonds is 6. The van der Waals surface area contributed by atoms with Crippen LogP contribution in [0.15, 0.2) is 48.5 Å². The Morgan fingerprint density at radius 1 is 1.11 bits per heavy atom. The molecule has 1 aliphatic heterocycles. The van der Waals surface area contributed by atoms with Gasteiger partial charge in [0.15, 0.2) is 11.5 Å². The molecule has 0 saturated heterocycles. The summed E-state index contributed by atoms with van der Waals surface area (Å²) in [5.41, 5.74) is 2.38. The first kappa shape index (κ1) is 18.3. The lowest BCUT2D eigenvalue weighted by Crippen LogP contribution is -2.28. The van der Waals surface area contributed by atoms with E-state index in [1.54, 1.807) is 37.3 Å². The molecule has 0 fully saturated rings. The van der Waals surface area contributed by atoms with E-state index in [0.717, 1.165) is 11.1 Å². The number of amides is 2. The van der Waals surface area contributed by atoms with Crippen molar-refractivity contribution in [2.24, 2.45) is 0 Å². The van der Waals surface area contributed by atoms with Gasteiger partial charge in [-0.25, -0.2) is 9.59 Å². The fourth-order valence-electron chi connectivity index (χ4n) is 2.44. The van der Waals surface area contributed by atoms with Crippen LogP contribution in [0.4, 0.5) is 10.5 Å². The highest BCUT2D eigenvalue weighted by atomic mass is 16.7. The van der Waals surface area contributed by atoms with Gasteiger partial charge in [-0.1, -0.05) is 18.2 Å². The zero-order chi connectivity index (χ0) is 19.1. The molecule has 0 bridgehead atoms. The topological polar surface area (TPSA) is 85.9 Å². The molecule has 2 aromatic carbocycles. The van der Waals surface area contributed by atoms with Crippen LogP contribution >= 0.6 is 0 Å². The number of esters is 1. The molecule has 0 spiro atoms. The fraction of sp³-hybridized carbons (Fsp3) is 0.200. The monoisotopic (exact) mass is 368 g/mol. The minimum Gasteiger partial charge on any atom is -0.463 e. The Kier molecular flexibility index (Phi) is 5.94. The lowest BCUT2D eigenvalue weighted by molar-refractivity contribution is -0.137. The second-order valence-corrected chi connectivity index (χ2v) is 5.70. The zero-order valence-electron chi connectivity index (χ0n) is 14.9. The number of hydrogen-bond acceptors (Lipinski definition) is 5. The first-order valence-corrected chi connectivity index (χ1v) is 8.52. The molecule has 0 saturated carbocycles. The Hall–Kier alpha value is -3.48. The minimum absolute atomic E-state index is 0.220. The van der Waals surface area contributed by atoms with Gasteiger partial charge in [0, 0.05) is 18.3 Å². The largest absolute Gasteiger partial charge is 0.463 e. The van der Waals surface area contributed by atoms with Crippen molar-refractivity contribution in [1.82, 2.24) is 5.32 Å². The lowest BCUT2D eigenvalue weighted by Gasteiger charge is -2.08. The Morgan fingerprint density at radius 2 is 1.89 bits per heavy atom. The average molecular weight is 368 g/mol. The Morgan fingerprint density at radius 3 is 2.67 bits per heavy atom. The highest BCUT2D eigenvalue weighted by molar-refractivity contribution is 5.90. The third kappa shape index (κ3) is 5.24. The molecule has 0 radical (unpaired) electrons. The summed E-state index contributed by atoms with van der Waals surface area (Å²) in [4.78, 5) is 23.3. The van der Waals surface area contributed by atoms with E-state index in [-0.39, 0.29) is 18.8 Å². The van der Waals surface area contributed by atoms with Gasteiger partial charge in [0.2, 0.25) is 6.79 Å². The second kappa shape index (κ2) is 8.75. The maximum atomic E-state index is 12.0. The highest BCUT2D eigenvalue weighted by Gasteiger charge is 2.13. The molecule has 2 amide bonds. The number of fused-ring (bicyclic) bond motifs is 1. The van der Waals surface area contributed by atoms with Crippen LogP contribution in [0.3, 0.4) is 0 Å². The SMILES string of the molecule is CCOC(=O)C=Cc1ccc(NC(=O)NCc2ccc3c(c2)OCO3)cc1. The van der Waals surface area contributed by atoms with Crippen molar-refractivity contribution in [3.05, 3.63) is 59.7 Å². The summed E-state index contributed by atoms with van der Waals surface area (Å²) >= 11 is 0. The van der Waals surface area contributed by atoms with Crippen molar-refractivity contribution < 1.29 is 23.8 Å². The first-order valence-electron chi connectivity index (χ1n) is 8.52. The summed E-state index contributed by atoms with van der Waals surface area (Å²) in [7, 11) is 0. The molecule has 0 aromatic heterocycles. The number of carbonyl (C=O) groups excluding carboxylic acids is 2. The number of benzene rings is 2. The molecule has 0 unspecified atom stereocenters. The third-order valence-corrected chi connectivity index (χ3v) is 3.76. The number of ether oxygens (including phenoxy) is 3. The number of hydrogen-bond donors (Lipinski definition) is 2. The van der Waals surface area contributed by atoms with E-state index >= 15 is 0 Å². The van der Waals surface area contributed by atoms with Crippen molar-refractivity contribution in [3.63, 3.8) is 0 Å². The van der Waals surface area contributed by atoms with Crippen LogP contribution in [-0.2, 0) is 16.1 Å². The minimum atomic E-state index is -0.386. The van der Waals surface area contributed by atoms with Crippen LogP contribution in [0, 0.1) is 0 Å². The normalized spacial score (nSPS) is 12.0. The summed E-state index contributed by atoms with van der Waals surface area (Å²) in [6.45, 7) is 2.68. The van der Waals surface area contributed by atoms with E-state index < -0.39 is 0 Å². The van der Waals surface area contributed by atoms with Gasteiger partial charge in [-0.05, 0) is 48.4 Å². The molecule has 1 aliphatic rings. The van der Waals surface area contributed by atoms with E-state index in [1.165, 1.54) is 6.08 Å². The van der Waals surface area contributed by atoms with Crippen LogP contribution in [-0.4, -0.2) is 25.4 Å². The molecule has 2 N–H and O–H groups in total. The summed E-state index contributed by atoms with van der Waals surface area (Å²) < 4.78 is 15.4. The summed E-state index contributed by atoms with van der Waals surface area (Å²) in [6.07, 6.45) is 3.02. The van der Waals surface area contributed by atoms with Gasteiger partial charge in [-0.3, -0.25) is 0 Å². The molecular formula is C20H20N2O5. The van der Waals surface area contributed by atoms with Crippen LogP contribution in [0.5, 0.6) is 11.5 Å². The number of urea groups is 1. The van der Waals surface area contributed by atoms with E-state index in [4.69, 9.17) is 14.2 Å². The van der Waals surface area contributed by atoms with E-state index in [9.17, 15) is 9.59 Å². The Balaban J connectivity index is 1.48. The lowest BCUT2D eigenvalue weighted by atomic mass is 10.2. The van der Waals surface area contributed by atoms with Gasteiger partial charge < -0.3 is 24.8 Å². The highest BCUT2D eigenvalue weighted by Crippen LogP contribution is 2.32. The standard InChI is InChI=1S/C20H20N2O5/c1-2-25-19(23)10-6-14-3-7-16(8-4-14)22-20(24)21-12-15-5-9-17-18(11-15)27-13-26-17/h3-11H,2,12-13H2,1H3,(H2,21,22,24). The molecule has 0 atom stereocenters. The van der Waals surface area contributed by atoms with Gasteiger partial charge in [-0.15, -0.1) is 0 Å². The number of nitrogens with one attached hydrogen (secondary N) is 2. The third-order valence-electron chi connectivity index (χ3n) is 3.76. The van der Waals surface area contributed by atoms with Crippen molar-refractivity contribution >= 4 is 23.8 Å². The average Bonchev–Trinajstić information content (AvgIpc) is 3.14. The second-order valence-electron chi connectivity index (χ2n) is 5.70. The van der Waals surface area contributed by atoms with Gasteiger partial charge in [-0.2, -0.15) is 0 Å². The quantitative estimate of drug-likeness (QED) is 0.603. The Bertz CT molecular complexity index is 846. The van der Waals surface area contributed by atoms with Crippen molar-refractivity contribution in [2.75, 3.05) is 18.7 Å². The molecule has 7 nitrogen and oxygen atoms in total. The smallest absolute Gasteiger partial charge is 0.330 e. The fourth-order valence-corrected chi connectivity index (χ4v) is 2.44. The van der Waals surface area contributed by atoms with Crippen LogP contribution in [0.1, 0.15) is 18.1 Å². The van der Waals surface area contributed by atoms with E-state index in [2.05, 4.69) is 10.6 Å². The molecule has 27 heavy (non-hydrogen) atoms. The van der Waals surface area contributed by atoms with Crippen LogP contribution in [0.2, 0.25) is 0 Å². The van der Waals surface area contributed by atoms with Crippen LogP contribution < -0.4 is 20.1 Å². The van der Waals surface area contributed by atoms with Gasteiger partial charge in [0.25, 0.3) is 0 Å². The Labute approximate surface area is 156 Å². The van der Waals surface area contributed by atoms with E-state index in [0.29, 0.717) is 30.3 Å². The maximum absolute atomic E-state index is 12.0. The van der Waals surface area contributed by atoms with E-state index in [1.807, 2.05) is 18.2 Å². The summed E-state index contributed by atoms with van der Waals surface area (Å²) in [5, 5.41) is 5.54. The molecular weight excluding hydrogens is 348 g/mol. The van der Waals surface area contributed by atoms with Gasteiger partial charge >= 0.3 is 12.0 Å². The molecule has 0 aliphatic carbocycles. The zero-order valence-corrected chi connectivity index (χ0v) is 14.9. The van der Waals surface area contributed by atoms with Crippen molar-refractivity contribution in [3.8, 4) is 11.5 Å². The maximum Gasteiger partial charge on any atom is 0.330 e. The molecule has 140 valence electrons.